The van der Waals surface area contributed by atoms with Gasteiger partial charge in [-0.3, -0.25) is 0 Å². The Kier molecular flexibility index (Phi) is 3.46. The zero-order chi connectivity index (χ0) is 9.19. The normalized spacial score (nSPS) is 32.0. The van der Waals surface area contributed by atoms with Gasteiger partial charge >= 0.3 is 0 Å². The van der Waals surface area contributed by atoms with E-state index in [9.17, 15) is 0 Å². The second-order valence-corrected chi connectivity index (χ2v) is 5.55. The SMILES string of the molecule is CC(C)(C)C1CCC(CCl)CC1. The molecule has 12 heavy (non-hydrogen) atoms. The Labute approximate surface area is 81.7 Å². The van der Waals surface area contributed by atoms with Gasteiger partial charge in [-0.05, 0) is 42.9 Å². The number of halogens is 1. The largest absolute Gasteiger partial charge is 0.126 e. The standard InChI is InChI=1S/C11H21Cl/c1-11(2,3)10-6-4-9(8-12)5-7-10/h9-10H,4-8H2,1-3H3. The van der Waals surface area contributed by atoms with Gasteiger partial charge in [-0.25, -0.2) is 0 Å². The molecule has 1 heteroatoms. The van der Waals surface area contributed by atoms with Gasteiger partial charge in [0, 0.05) is 5.88 Å². The molecule has 0 amide bonds. The lowest BCUT2D eigenvalue weighted by Crippen LogP contribution is -2.26. The molecular formula is C11H21Cl. The molecule has 1 fully saturated rings. The maximum atomic E-state index is 5.84. The second-order valence-electron chi connectivity index (χ2n) is 5.24. The Bertz CT molecular complexity index is 126. The van der Waals surface area contributed by atoms with Crippen LogP contribution < -0.4 is 0 Å². The van der Waals surface area contributed by atoms with Crippen molar-refractivity contribution in [1.82, 2.24) is 0 Å². The van der Waals surface area contributed by atoms with Crippen molar-refractivity contribution in [2.45, 2.75) is 46.5 Å². The van der Waals surface area contributed by atoms with Gasteiger partial charge in [-0.15, -0.1) is 11.6 Å². The number of hydrogen-bond acceptors (Lipinski definition) is 0. The van der Waals surface area contributed by atoms with E-state index in [1.807, 2.05) is 0 Å². The Morgan fingerprint density at radius 2 is 1.58 bits per heavy atom. The lowest BCUT2D eigenvalue weighted by molar-refractivity contribution is 0.156. The summed E-state index contributed by atoms with van der Waals surface area (Å²) in [5.74, 6) is 2.61. The maximum Gasteiger partial charge on any atom is 0.0251 e. The summed E-state index contributed by atoms with van der Waals surface area (Å²) in [5.41, 5.74) is 0.511. The third-order valence-corrected chi connectivity index (χ3v) is 3.73. The van der Waals surface area contributed by atoms with Crippen LogP contribution in [0.3, 0.4) is 0 Å². The Balaban J connectivity index is 2.36. The molecule has 0 heterocycles. The molecule has 1 aliphatic rings. The molecule has 0 bridgehead atoms. The Hall–Kier alpha value is 0.290. The molecule has 0 radical (unpaired) electrons. The van der Waals surface area contributed by atoms with Crippen molar-refractivity contribution in [3.63, 3.8) is 0 Å². The third kappa shape index (κ3) is 2.65. The van der Waals surface area contributed by atoms with E-state index in [0.29, 0.717) is 5.41 Å². The minimum Gasteiger partial charge on any atom is -0.126 e. The summed E-state index contributed by atoms with van der Waals surface area (Å²) in [6, 6.07) is 0. The monoisotopic (exact) mass is 188 g/mol. The summed E-state index contributed by atoms with van der Waals surface area (Å²) in [5, 5.41) is 0. The quantitative estimate of drug-likeness (QED) is 0.544. The van der Waals surface area contributed by atoms with E-state index >= 15 is 0 Å². The maximum absolute atomic E-state index is 5.84. The topological polar surface area (TPSA) is 0 Å². The smallest absolute Gasteiger partial charge is 0.0251 e. The van der Waals surface area contributed by atoms with Crippen LogP contribution in [0.4, 0.5) is 0 Å². The predicted octanol–water partition coefficient (Wildman–Crippen LogP) is 4.08. The third-order valence-electron chi connectivity index (χ3n) is 3.29. The summed E-state index contributed by atoms with van der Waals surface area (Å²) in [7, 11) is 0. The van der Waals surface area contributed by atoms with Crippen molar-refractivity contribution in [3.05, 3.63) is 0 Å². The van der Waals surface area contributed by atoms with Gasteiger partial charge in [0.1, 0.15) is 0 Å². The van der Waals surface area contributed by atoms with Crippen LogP contribution in [0.15, 0.2) is 0 Å². The highest BCUT2D eigenvalue weighted by Crippen LogP contribution is 2.39. The highest BCUT2D eigenvalue weighted by atomic mass is 35.5. The van der Waals surface area contributed by atoms with Gasteiger partial charge in [-0.2, -0.15) is 0 Å². The second kappa shape index (κ2) is 4.00. The fourth-order valence-corrected chi connectivity index (χ4v) is 2.49. The van der Waals surface area contributed by atoms with Crippen LogP contribution in [0.5, 0.6) is 0 Å². The van der Waals surface area contributed by atoms with Gasteiger partial charge in [0.25, 0.3) is 0 Å². The van der Waals surface area contributed by atoms with E-state index in [4.69, 9.17) is 11.6 Å². The summed E-state index contributed by atoms with van der Waals surface area (Å²) < 4.78 is 0. The van der Waals surface area contributed by atoms with E-state index in [2.05, 4.69) is 20.8 Å². The van der Waals surface area contributed by atoms with Crippen LogP contribution in [0.1, 0.15) is 46.5 Å². The van der Waals surface area contributed by atoms with Crippen LogP contribution in [0.25, 0.3) is 0 Å². The summed E-state index contributed by atoms with van der Waals surface area (Å²) in [4.78, 5) is 0. The first-order valence-electron chi connectivity index (χ1n) is 5.10. The number of rotatable bonds is 1. The molecule has 0 nitrogen and oxygen atoms in total. The van der Waals surface area contributed by atoms with Gasteiger partial charge < -0.3 is 0 Å². The van der Waals surface area contributed by atoms with E-state index in [0.717, 1.165) is 17.7 Å². The first kappa shape index (κ1) is 10.4. The van der Waals surface area contributed by atoms with E-state index < -0.39 is 0 Å². The van der Waals surface area contributed by atoms with Crippen molar-refractivity contribution in [1.29, 1.82) is 0 Å². The molecule has 1 rings (SSSR count). The van der Waals surface area contributed by atoms with Crippen molar-refractivity contribution in [2.75, 3.05) is 5.88 Å². The Morgan fingerprint density at radius 1 is 1.08 bits per heavy atom. The highest BCUT2D eigenvalue weighted by molar-refractivity contribution is 6.18. The number of hydrogen-bond donors (Lipinski definition) is 0. The van der Waals surface area contributed by atoms with Gasteiger partial charge in [0.2, 0.25) is 0 Å². The molecule has 0 saturated heterocycles. The zero-order valence-corrected chi connectivity index (χ0v) is 9.32. The first-order chi connectivity index (χ1) is 5.54. The molecule has 0 aromatic heterocycles. The first-order valence-corrected chi connectivity index (χ1v) is 5.63. The molecular weight excluding hydrogens is 168 g/mol. The van der Waals surface area contributed by atoms with Crippen LogP contribution in [0.2, 0.25) is 0 Å². The molecule has 1 saturated carbocycles. The molecule has 0 aliphatic heterocycles. The minimum absolute atomic E-state index is 0.511. The van der Waals surface area contributed by atoms with Gasteiger partial charge in [0.15, 0.2) is 0 Å². The lowest BCUT2D eigenvalue weighted by atomic mass is 9.70. The molecule has 72 valence electrons. The van der Waals surface area contributed by atoms with Crippen LogP contribution in [-0.4, -0.2) is 5.88 Å². The molecule has 0 aromatic carbocycles. The average molecular weight is 189 g/mol. The minimum atomic E-state index is 0.511. The lowest BCUT2D eigenvalue weighted by Gasteiger charge is -2.36. The summed E-state index contributed by atoms with van der Waals surface area (Å²) in [6.07, 6.45) is 5.48. The van der Waals surface area contributed by atoms with Crippen molar-refractivity contribution >= 4 is 11.6 Å². The fraction of sp³-hybridized carbons (Fsp3) is 1.00. The number of alkyl halides is 1. The molecule has 0 spiro atoms. The van der Waals surface area contributed by atoms with E-state index in [-0.39, 0.29) is 0 Å². The molecule has 0 atom stereocenters. The van der Waals surface area contributed by atoms with Gasteiger partial charge in [0.05, 0.1) is 0 Å². The van der Waals surface area contributed by atoms with Gasteiger partial charge in [-0.1, -0.05) is 20.8 Å². The molecule has 0 unspecified atom stereocenters. The molecule has 0 aromatic rings. The highest BCUT2D eigenvalue weighted by Gasteiger charge is 2.28. The molecule has 0 N–H and O–H groups in total. The predicted molar refractivity (Wildman–Crippen MR) is 55.6 cm³/mol. The van der Waals surface area contributed by atoms with Crippen molar-refractivity contribution in [2.24, 2.45) is 17.3 Å². The fourth-order valence-electron chi connectivity index (χ4n) is 2.18. The van der Waals surface area contributed by atoms with Crippen LogP contribution in [0, 0.1) is 17.3 Å². The van der Waals surface area contributed by atoms with Crippen LogP contribution in [-0.2, 0) is 0 Å². The van der Waals surface area contributed by atoms with E-state index in [1.54, 1.807) is 0 Å². The summed E-state index contributed by atoms with van der Waals surface area (Å²) >= 11 is 5.84. The van der Waals surface area contributed by atoms with E-state index in [1.165, 1.54) is 25.7 Å². The van der Waals surface area contributed by atoms with Crippen molar-refractivity contribution < 1.29 is 0 Å². The average Bonchev–Trinajstić information content (AvgIpc) is 2.03. The zero-order valence-electron chi connectivity index (χ0n) is 8.57. The van der Waals surface area contributed by atoms with Crippen molar-refractivity contribution in [3.8, 4) is 0 Å². The molecule has 1 aliphatic carbocycles. The van der Waals surface area contributed by atoms with Crippen LogP contribution >= 0.6 is 11.6 Å². The summed E-state index contributed by atoms with van der Waals surface area (Å²) in [6.45, 7) is 7.08. The Morgan fingerprint density at radius 3 is 1.92 bits per heavy atom.